The number of methoxy groups -OCH3 is 1. The highest BCUT2D eigenvalue weighted by Gasteiger charge is 2.32. The lowest BCUT2D eigenvalue weighted by molar-refractivity contribution is -0.139. The molecule has 0 aromatic heterocycles. The van der Waals surface area contributed by atoms with Crippen molar-refractivity contribution in [1.82, 2.24) is 10.2 Å². The van der Waals surface area contributed by atoms with E-state index in [1.54, 1.807) is 55.5 Å². The Balaban J connectivity index is 2.06. The van der Waals surface area contributed by atoms with Gasteiger partial charge in [0.1, 0.15) is 18.3 Å². The van der Waals surface area contributed by atoms with Crippen molar-refractivity contribution in [3.8, 4) is 5.75 Å². The van der Waals surface area contributed by atoms with Crippen LogP contribution in [0.2, 0.25) is 5.02 Å². The molecule has 0 aliphatic carbocycles. The summed E-state index contributed by atoms with van der Waals surface area (Å²) < 4.78 is 34.5. The summed E-state index contributed by atoms with van der Waals surface area (Å²) in [5.74, 6) is -0.501. The minimum absolute atomic E-state index is 0.0168. The third-order valence-electron chi connectivity index (χ3n) is 6.02. The van der Waals surface area contributed by atoms with E-state index in [0.29, 0.717) is 26.5 Å². The molecular formula is C27H29BrClN3O5S. The normalized spacial score (nSPS) is 11.9. The standard InChI is InChI=1S/C27H29BrClN3O5S/c1-18-9-11-21(12-10-18)32(38(35,36)22-13-14-25(37-4)23(28)15-22)17-26(33)31(19(2)27(34)30-3)16-20-7-5-6-8-24(20)29/h5-15,19H,16-17H2,1-4H3,(H,30,34). The number of ether oxygens (including phenoxy) is 1. The maximum absolute atomic E-state index is 13.9. The van der Waals surface area contributed by atoms with Crippen LogP contribution in [0.1, 0.15) is 18.1 Å². The van der Waals surface area contributed by atoms with Crippen molar-refractivity contribution in [2.45, 2.75) is 31.3 Å². The Kier molecular flexibility index (Phi) is 9.81. The van der Waals surface area contributed by atoms with Gasteiger partial charge in [-0.2, -0.15) is 0 Å². The number of nitrogens with one attached hydrogen (secondary N) is 1. The second-order valence-electron chi connectivity index (χ2n) is 8.55. The molecule has 202 valence electrons. The van der Waals surface area contributed by atoms with E-state index in [9.17, 15) is 18.0 Å². The number of aryl methyl sites for hydroxylation is 1. The van der Waals surface area contributed by atoms with Crippen LogP contribution in [0.4, 0.5) is 5.69 Å². The molecule has 0 aliphatic rings. The Morgan fingerprint density at radius 1 is 1.08 bits per heavy atom. The molecule has 1 atom stereocenters. The van der Waals surface area contributed by atoms with E-state index in [1.807, 2.05) is 6.92 Å². The Morgan fingerprint density at radius 3 is 2.32 bits per heavy atom. The highest BCUT2D eigenvalue weighted by molar-refractivity contribution is 9.10. The third-order valence-corrected chi connectivity index (χ3v) is 8.78. The second-order valence-corrected chi connectivity index (χ2v) is 11.7. The van der Waals surface area contributed by atoms with E-state index in [0.717, 1.165) is 9.87 Å². The first-order valence-electron chi connectivity index (χ1n) is 11.7. The number of amides is 2. The average Bonchev–Trinajstić information content (AvgIpc) is 2.90. The van der Waals surface area contributed by atoms with Crippen LogP contribution in [0, 0.1) is 6.92 Å². The number of nitrogens with zero attached hydrogens (tertiary/aromatic N) is 2. The number of benzene rings is 3. The molecule has 0 radical (unpaired) electrons. The van der Waals surface area contributed by atoms with Gasteiger partial charge < -0.3 is 15.0 Å². The molecule has 0 aliphatic heterocycles. The first-order chi connectivity index (χ1) is 18.0. The van der Waals surface area contributed by atoms with Crippen molar-refractivity contribution in [1.29, 1.82) is 0 Å². The van der Waals surface area contributed by atoms with Gasteiger partial charge in [0.25, 0.3) is 10.0 Å². The Labute approximate surface area is 236 Å². The molecule has 2 amide bonds. The van der Waals surface area contributed by atoms with Gasteiger partial charge in [-0.15, -0.1) is 0 Å². The number of carbonyl (C=O) groups is 2. The Morgan fingerprint density at radius 2 is 1.74 bits per heavy atom. The summed E-state index contributed by atoms with van der Waals surface area (Å²) in [5.41, 5.74) is 1.86. The van der Waals surface area contributed by atoms with Gasteiger partial charge >= 0.3 is 0 Å². The van der Waals surface area contributed by atoms with Gasteiger partial charge in [0.2, 0.25) is 11.8 Å². The van der Waals surface area contributed by atoms with Crippen molar-refractivity contribution in [2.75, 3.05) is 25.0 Å². The fraction of sp³-hybridized carbons (Fsp3) is 0.259. The highest BCUT2D eigenvalue weighted by Crippen LogP contribution is 2.31. The van der Waals surface area contributed by atoms with Gasteiger partial charge in [0, 0.05) is 18.6 Å². The minimum Gasteiger partial charge on any atom is -0.496 e. The van der Waals surface area contributed by atoms with Crippen molar-refractivity contribution < 1.29 is 22.7 Å². The number of halogens is 2. The summed E-state index contributed by atoms with van der Waals surface area (Å²) in [6, 6.07) is 17.3. The topological polar surface area (TPSA) is 96.0 Å². The second kappa shape index (κ2) is 12.6. The van der Waals surface area contributed by atoms with Crippen molar-refractivity contribution >= 4 is 55.1 Å². The molecule has 0 saturated heterocycles. The zero-order chi connectivity index (χ0) is 28.0. The number of hydrogen-bond donors (Lipinski definition) is 1. The Bertz CT molecular complexity index is 1420. The van der Waals surface area contributed by atoms with Crippen LogP contribution >= 0.6 is 27.5 Å². The summed E-state index contributed by atoms with van der Waals surface area (Å²) in [6.45, 7) is 2.94. The largest absolute Gasteiger partial charge is 0.496 e. The van der Waals surface area contributed by atoms with Gasteiger partial charge in [0.15, 0.2) is 0 Å². The van der Waals surface area contributed by atoms with Gasteiger partial charge in [0.05, 0.1) is 22.2 Å². The molecule has 1 unspecified atom stereocenters. The van der Waals surface area contributed by atoms with E-state index in [-0.39, 0.29) is 11.4 Å². The maximum atomic E-state index is 13.9. The molecule has 0 spiro atoms. The first-order valence-corrected chi connectivity index (χ1v) is 14.3. The molecule has 0 bridgehead atoms. The first kappa shape index (κ1) is 29.5. The zero-order valence-electron chi connectivity index (χ0n) is 21.4. The smallest absolute Gasteiger partial charge is 0.264 e. The van der Waals surface area contributed by atoms with Crippen LogP contribution in [0.5, 0.6) is 5.75 Å². The van der Waals surface area contributed by atoms with Crippen molar-refractivity contribution in [3.05, 3.63) is 87.4 Å². The predicted octanol–water partition coefficient (Wildman–Crippen LogP) is 4.78. The molecule has 1 N–H and O–H groups in total. The zero-order valence-corrected chi connectivity index (χ0v) is 24.6. The molecule has 0 fully saturated rings. The molecule has 3 aromatic carbocycles. The average molecular weight is 623 g/mol. The number of likely N-dealkylation sites (N-methyl/N-ethyl adjacent to an activating group) is 1. The third kappa shape index (κ3) is 6.67. The number of rotatable bonds is 10. The lowest BCUT2D eigenvalue weighted by Gasteiger charge is -2.32. The summed E-state index contributed by atoms with van der Waals surface area (Å²) in [5, 5.41) is 2.98. The molecule has 0 saturated carbocycles. The number of sulfonamides is 1. The summed E-state index contributed by atoms with van der Waals surface area (Å²) >= 11 is 9.68. The quantitative estimate of drug-likeness (QED) is 0.351. The summed E-state index contributed by atoms with van der Waals surface area (Å²) in [4.78, 5) is 27.6. The summed E-state index contributed by atoms with van der Waals surface area (Å²) in [7, 11) is -1.25. The molecule has 3 aromatic rings. The number of anilines is 1. The van der Waals surface area contributed by atoms with Crippen LogP contribution in [-0.4, -0.2) is 51.9 Å². The Hall–Kier alpha value is -3.08. The van der Waals surface area contributed by atoms with Crippen molar-refractivity contribution in [3.63, 3.8) is 0 Å². The minimum atomic E-state index is -4.20. The van der Waals surface area contributed by atoms with E-state index in [1.165, 1.54) is 37.3 Å². The fourth-order valence-corrected chi connectivity index (χ4v) is 6.10. The molecule has 0 heterocycles. The van der Waals surface area contributed by atoms with Crippen LogP contribution in [0.25, 0.3) is 0 Å². The van der Waals surface area contributed by atoms with E-state index in [2.05, 4.69) is 21.2 Å². The molecule has 3 rings (SSSR count). The van der Waals surface area contributed by atoms with Gasteiger partial charge in [-0.3, -0.25) is 13.9 Å². The van der Waals surface area contributed by atoms with Gasteiger partial charge in [-0.1, -0.05) is 47.5 Å². The molecule has 11 heteroatoms. The molecule has 38 heavy (non-hydrogen) atoms. The fourth-order valence-electron chi connectivity index (χ4n) is 3.78. The molecule has 8 nitrogen and oxygen atoms in total. The number of hydrogen-bond acceptors (Lipinski definition) is 5. The predicted molar refractivity (Wildman–Crippen MR) is 152 cm³/mol. The lowest BCUT2D eigenvalue weighted by atomic mass is 10.1. The van der Waals surface area contributed by atoms with Crippen LogP contribution in [-0.2, 0) is 26.2 Å². The van der Waals surface area contributed by atoms with Crippen molar-refractivity contribution in [2.24, 2.45) is 0 Å². The van der Waals surface area contributed by atoms with Crippen LogP contribution in [0.15, 0.2) is 76.1 Å². The summed E-state index contributed by atoms with van der Waals surface area (Å²) in [6.07, 6.45) is 0. The van der Waals surface area contributed by atoms with E-state index in [4.69, 9.17) is 16.3 Å². The SMILES string of the molecule is CNC(=O)C(C)N(Cc1ccccc1Cl)C(=O)CN(c1ccc(C)cc1)S(=O)(=O)c1ccc(OC)c(Br)c1. The monoisotopic (exact) mass is 621 g/mol. The molecular weight excluding hydrogens is 594 g/mol. The highest BCUT2D eigenvalue weighted by atomic mass is 79.9. The maximum Gasteiger partial charge on any atom is 0.264 e. The number of carbonyl (C=O) groups excluding carboxylic acids is 2. The van der Waals surface area contributed by atoms with E-state index >= 15 is 0 Å². The van der Waals surface area contributed by atoms with E-state index < -0.39 is 34.4 Å². The van der Waals surface area contributed by atoms with Gasteiger partial charge in [-0.25, -0.2) is 8.42 Å². The van der Waals surface area contributed by atoms with Gasteiger partial charge in [-0.05, 0) is 71.7 Å². The lowest BCUT2D eigenvalue weighted by Crippen LogP contribution is -2.50. The van der Waals surface area contributed by atoms with Crippen LogP contribution < -0.4 is 14.4 Å². The van der Waals surface area contributed by atoms with Crippen LogP contribution in [0.3, 0.4) is 0 Å².